The Morgan fingerprint density at radius 1 is 0.917 bits per heavy atom. The summed E-state index contributed by atoms with van der Waals surface area (Å²) < 4.78 is 28.5. The third-order valence-corrected chi connectivity index (χ3v) is 8.08. The predicted molar refractivity (Wildman–Crippen MR) is 142 cm³/mol. The van der Waals surface area contributed by atoms with Gasteiger partial charge in [0.1, 0.15) is 12.6 Å². The van der Waals surface area contributed by atoms with Crippen LogP contribution >= 0.6 is 11.6 Å². The number of anilines is 1. The van der Waals surface area contributed by atoms with Gasteiger partial charge >= 0.3 is 0 Å². The maximum atomic E-state index is 13.7. The molecule has 0 unspecified atom stereocenters. The number of carbonyl (C=O) groups excluding carboxylic acids is 2. The number of likely N-dealkylation sites (N-methyl/N-ethyl adjacent to an activating group) is 1. The predicted octanol–water partition coefficient (Wildman–Crippen LogP) is 4.32. The molecule has 7 nitrogen and oxygen atoms in total. The minimum Gasteiger partial charge on any atom is -0.357 e. The molecule has 3 rings (SSSR count). The fourth-order valence-corrected chi connectivity index (χ4v) is 5.29. The Bertz CT molecular complexity index is 1330. The molecule has 0 saturated carbocycles. The van der Waals surface area contributed by atoms with Crippen molar-refractivity contribution in [3.8, 4) is 0 Å². The van der Waals surface area contributed by atoms with Crippen LogP contribution in [0.2, 0.25) is 5.02 Å². The molecule has 9 heteroatoms. The Morgan fingerprint density at radius 3 is 2.03 bits per heavy atom. The van der Waals surface area contributed by atoms with Crippen LogP contribution in [-0.4, -0.2) is 44.8 Å². The monoisotopic (exact) mass is 527 g/mol. The van der Waals surface area contributed by atoms with Gasteiger partial charge in [-0.15, -0.1) is 0 Å². The first-order valence-corrected chi connectivity index (χ1v) is 13.3. The summed E-state index contributed by atoms with van der Waals surface area (Å²) >= 11 is 6.33. The number of sulfonamides is 1. The van der Waals surface area contributed by atoms with Crippen molar-refractivity contribution in [2.24, 2.45) is 0 Å². The highest BCUT2D eigenvalue weighted by Gasteiger charge is 2.32. The normalized spacial score (nSPS) is 12.0. The highest BCUT2D eigenvalue weighted by atomic mass is 35.5. The molecule has 0 aliphatic carbocycles. The van der Waals surface area contributed by atoms with Crippen LogP contribution in [0.5, 0.6) is 0 Å². The zero-order valence-corrected chi connectivity index (χ0v) is 22.3. The molecule has 1 atom stereocenters. The lowest BCUT2D eigenvalue weighted by Crippen LogP contribution is -2.50. The number of hydrogen-bond donors (Lipinski definition) is 1. The van der Waals surface area contributed by atoms with Gasteiger partial charge in [0, 0.05) is 18.6 Å². The number of carbonyl (C=O) groups is 2. The van der Waals surface area contributed by atoms with E-state index in [1.807, 2.05) is 13.8 Å². The maximum absolute atomic E-state index is 13.7. The van der Waals surface area contributed by atoms with Gasteiger partial charge in [0.15, 0.2) is 0 Å². The van der Waals surface area contributed by atoms with E-state index in [1.54, 1.807) is 67.6 Å². The van der Waals surface area contributed by atoms with E-state index < -0.39 is 28.5 Å². The van der Waals surface area contributed by atoms with E-state index in [2.05, 4.69) is 5.32 Å². The van der Waals surface area contributed by atoms with E-state index >= 15 is 0 Å². The number of benzene rings is 3. The molecule has 0 saturated heterocycles. The second-order valence-electron chi connectivity index (χ2n) is 8.56. The minimum atomic E-state index is -4.09. The number of aryl methyl sites for hydroxylation is 2. The molecule has 2 amide bonds. The molecule has 1 N–H and O–H groups in total. The molecule has 36 heavy (non-hydrogen) atoms. The quantitative estimate of drug-likeness (QED) is 0.449. The zero-order valence-electron chi connectivity index (χ0n) is 20.7. The smallest absolute Gasteiger partial charge is 0.264 e. The van der Waals surface area contributed by atoms with Crippen LogP contribution in [0.1, 0.15) is 23.6 Å². The summed E-state index contributed by atoms with van der Waals surface area (Å²) in [5, 5.41) is 3.00. The van der Waals surface area contributed by atoms with Crippen molar-refractivity contribution in [1.82, 2.24) is 10.2 Å². The van der Waals surface area contributed by atoms with Crippen molar-refractivity contribution in [2.75, 3.05) is 17.9 Å². The summed E-state index contributed by atoms with van der Waals surface area (Å²) in [6.07, 6.45) is 0. The third-order valence-electron chi connectivity index (χ3n) is 5.92. The van der Waals surface area contributed by atoms with Crippen molar-refractivity contribution in [3.63, 3.8) is 0 Å². The third kappa shape index (κ3) is 6.25. The largest absolute Gasteiger partial charge is 0.357 e. The molecule has 0 heterocycles. The zero-order chi connectivity index (χ0) is 26.5. The Balaban J connectivity index is 2.03. The van der Waals surface area contributed by atoms with Crippen LogP contribution in [-0.2, 0) is 26.2 Å². The Hall–Kier alpha value is -3.36. The second kappa shape index (κ2) is 11.6. The Kier molecular flexibility index (Phi) is 8.76. The summed E-state index contributed by atoms with van der Waals surface area (Å²) in [4.78, 5) is 27.6. The van der Waals surface area contributed by atoms with Gasteiger partial charge in [-0.25, -0.2) is 8.42 Å². The molecule has 0 bridgehead atoms. The Labute approximate surface area is 217 Å². The van der Waals surface area contributed by atoms with Crippen molar-refractivity contribution in [1.29, 1.82) is 0 Å². The van der Waals surface area contributed by atoms with Gasteiger partial charge in [0.2, 0.25) is 11.8 Å². The summed E-state index contributed by atoms with van der Waals surface area (Å²) in [5.74, 6) is -0.916. The van der Waals surface area contributed by atoms with Crippen LogP contribution in [0, 0.1) is 13.8 Å². The molecule has 3 aromatic rings. The molecular formula is C27H30ClN3O4S. The number of hydrogen-bond acceptors (Lipinski definition) is 4. The number of nitrogens with one attached hydrogen (secondary N) is 1. The maximum Gasteiger partial charge on any atom is 0.264 e. The molecule has 0 radical (unpaired) electrons. The number of amides is 2. The topological polar surface area (TPSA) is 86.8 Å². The number of rotatable bonds is 9. The molecule has 0 spiro atoms. The van der Waals surface area contributed by atoms with E-state index in [0.717, 1.165) is 15.4 Å². The highest BCUT2D eigenvalue weighted by molar-refractivity contribution is 7.92. The highest BCUT2D eigenvalue weighted by Crippen LogP contribution is 2.26. The summed E-state index contributed by atoms with van der Waals surface area (Å²) in [6, 6.07) is 19.5. The number of nitrogens with zero attached hydrogens (tertiary/aromatic N) is 2. The first-order valence-electron chi connectivity index (χ1n) is 11.4. The molecule has 190 valence electrons. The van der Waals surface area contributed by atoms with Gasteiger partial charge < -0.3 is 10.2 Å². The van der Waals surface area contributed by atoms with Gasteiger partial charge in [-0.3, -0.25) is 13.9 Å². The first-order chi connectivity index (χ1) is 17.0. The van der Waals surface area contributed by atoms with Crippen molar-refractivity contribution in [3.05, 3.63) is 94.5 Å². The lowest BCUT2D eigenvalue weighted by atomic mass is 10.1. The summed E-state index contributed by atoms with van der Waals surface area (Å²) in [5.41, 5.74) is 2.86. The molecule has 0 aromatic heterocycles. The van der Waals surface area contributed by atoms with Crippen LogP contribution in [0.15, 0.2) is 77.7 Å². The molecule has 0 aliphatic rings. The van der Waals surface area contributed by atoms with E-state index in [4.69, 9.17) is 11.6 Å². The standard InChI is InChI=1S/C27H30ClN3O4S/c1-19-9-13-23(14-10-19)31(36(34,35)24-15-11-20(2)12-16-24)18-26(32)30(21(3)27(33)29-4)17-22-7-5-6-8-25(22)28/h5-16,21H,17-18H2,1-4H3,(H,29,33)/t21-/m1/s1. The second-order valence-corrected chi connectivity index (χ2v) is 10.8. The SMILES string of the molecule is CNC(=O)[C@@H](C)N(Cc1ccccc1Cl)C(=O)CN(c1ccc(C)cc1)S(=O)(=O)c1ccc(C)cc1. The van der Waals surface area contributed by atoms with Gasteiger partial charge in [-0.05, 0) is 56.7 Å². The van der Waals surface area contributed by atoms with Gasteiger partial charge in [0.05, 0.1) is 10.6 Å². The molecular weight excluding hydrogens is 498 g/mol. The van der Waals surface area contributed by atoms with Crippen LogP contribution < -0.4 is 9.62 Å². The van der Waals surface area contributed by atoms with Crippen LogP contribution in [0.3, 0.4) is 0 Å². The van der Waals surface area contributed by atoms with Crippen LogP contribution in [0.25, 0.3) is 0 Å². The van der Waals surface area contributed by atoms with Gasteiger partial charge in [-0.1, -0.05) is 65.2 Å². The average Bonchev–Trinajstić information content (AvgIpc) is 2.86. The van der Waals surface area contributed by atoms with Crippen molar-refractivity contribution in [2.45, 2.75) is 38.3 Å². The summed E-state index contributed by atoms with van der Waals surface area (Å²) in [7, 11) is -2.60. The first kappa shape index (κ1) is 27.2. The van der Waals surface area contributed by atoms with Crippen molar-refractivity contribution < 1.29 is 18.0 Å². The van der Waals surface area contributed by atoms with Crippen molar-refractivity contribution >= 4 is 39.1 Å². The lowest BCUT2D eigenvalue weighted by molar-refractivity contribution is -0.139. The average molecular weight is 528 g/mol. The minimum absolute atomic E-state index is 0.0411. The summed E-state index contributed by atoms with van der Waals surface area (Å²) in [6.45, 7) is 4.90. The van der Waals surface area contributed by atoms with E-state index in [0.29, 0.717) is 16.3 Å². The van der Waals surface area contributed by atoms with Crippen LogP contribution in [0.4, 0.5) is 5.69 Å². The van der Waals surface area contributed by atoms with E-state index in [1.165, 1.54) is 24.1 Å². The molecule has 0 fully saturated rings. The fraction of sp³-hybridized carbons (Fsp3) is 0.259. The molecule has 0 aliphatic heterocycles. The van der Waals surface area contributed by atoms with E-state index in [9.17, 15) is 18.0 Å². The Morgan fingerprint density at radius 2 is 1.47 bits per heavy atom. The van der Waals surface area contributed by atoms with Gasteiger partial charge in [0.25, 0.3) is 10.0 Å². The molecule has 3 aromatic carbocycles. The lowest BCUT2D eigenvalue weighted by Gasteiger charge is -2.32. The van der Waals surface area contributed by atoms with Gasteiger partial charge in [-0.2, -0.15) is 0 Å². The fourth-order valence-electron chi connectivity index (χ4n) is 3.68. The number of halogens is 1. The van der Waals surface area contributed by atoms with E-state index in [-0.39, 0.29) is 17.3 Å².